The Morgan fingerprint density at radius 1 is 1.13 bits per heavy atom. The third-order valence-corrected chi connectivity index (χ3v) is 6.20. The molecule has 0 aliphatic carbocycles. The quantitative estimate of drug-likeness (QED) is 0.353. The van der Waals surface area contributed by atoms with E-state index in [0.717, 1.165) is 69.8 Å². The summed E-state index contributed by atoms with van der Waals surface area (Å²) in [6.45, 7) is 5.76. The van der Waals surface area contributed by atoms with Gasteiger partial charge >= 0.3 is 5.97 Å². The molecule has 0 amide bonds. The standard InChI is InChI=1S/C21H33N5O3.ClH/c22-21(23)16-3-5-18(6-4-16)25-9-11-26(12-10-25)19-7-8-24(15-20(28)29)14-17(19)2-1-13-27;/h3-6,17,19,27H,1-2,7-15H2,(H3,22,23)(H,28,29);1H. The summed E-state index contributed by atoms with van der Waals surface area (Å²) in [7, 11) is 0. The number of hydrogen-bond donors (Lipinski definition) is 4. The van der Waals surface area contributed by atoms with Gasteiger partial charge in [0.05, 0.1) is 6.54 Å². The molecule has 0 saturated carbocycles. The third kappa shape index (κ3) is 6.31. The first kappa shape index (κ1) is 24.4. The Labute approximate surface area is 184 Å². The second-order valence-electron chi connectivity index (χ2n) is 8.09. The number of nitrogen functional groups attached to an aromatic ring is 1. The van der Waals surface area contributed by atoms with Crippen LogP contribution in [0.4, 0.5) is 5.69 Å². The number of amidine groups is 1. The second-order valence-corrected chi connectivity index (χ2v) is 8.09. The predicted octanol–water partition coefficient (Wildman–Crippen LogP) is 1.06. The number of nitrogens with zero attached hydrogens (tertiary/aromatic N) is 3. The van der Waals surface area contributed by atoms with E-state index in [1.165, 1.54) is 0 Å². The molecule has 1 aromatic rings. The van der Waals surface area contributed by atoms with Gasteiger partial charge in [0.15, 0.2) is 0 Å². The van der Waals surface area contributed by atoms with Crippen LogP contribution in [0.2, 0.25) is 0 Å². The molecule has 0 aromatic heterocycles. The Morgan fingerprint density at radius 2 is 1.80 bits per heavy atom. The molecule has 30 heavy (non-hydrogen) atoms. The molecule has 2 saturated heterocycles. The molecule has 3 rings (SSSR count). The number of anilines is 1. The Kier molecular flexibility index (Phi) is 9.36. The second kappa shape index (κ2) is 11.5. The highest BCUT2D eigenvalue weighted by molar-refractivity contribution is 5.95. The highest BCUT2D eigenvalue weighted by Crippen LogP contribution is 2.28. The van der Waals surface area contributed by atoms with Gasteiger partial charge in [0.1, 0.15) is 5.84 Å². The molecular formula is C21H34ClN5O3. The highest BCUT2D eigenvalue weighted by atomic mass is 35.5. The zero-order valence-electron chi connectivity index (χ0n) is 17.4. The molecule has 2 atom stereocenters. The summed E-state index contributed by atoms with van der Waals surface area (Å²) in [5, 5.41) is 25.9. The largest absolute Gasteiger partial charge is 0.480 e. The smallest absolute Gasteiger partial charge is 0.317 e. The fourth-order valence-electron chi connectivity index (χ4n) is 4.71. The average Bonchev–Trinajstić information content (AvgIpc) is 2.72. The molecule has 5 N–H and O–H groups in total. The molecule has 2 aliphatic heterocycles. The van der Waals surface area contributed by atoms with Gasteiger partial charge in [0.25, 0.3) is 0 Å². The normalized spacial score (nSPS) is 23.0. The summed E-state index contributed by atoms with van der Waals surface area (Å²) in [4.78, 5) is 18.0. The van der Waals surface area contributed by atoms with Crippen LogP contribution in [0.25, 0.3) is 0 Å². The minimum absolute atomic E-state index is 0. The van der Waals surface area contributed by atoms with Crippen molar-refractivity contribution in [2.45, 2.75) is 25.3 Å². The number of hydrogen-bond acceptors (Lipinski definition) is 6. The summed E-state index contributed by atoms with van der Waals surface area (Å²) in [6, 6.07) is 8.30. The lowest BCUT2D eigenvalue weighted by molar-refractivity contribution is -0.139. The Balaban J connectivity index is 0.00000320. The maximum absolute atomic E-state index is 11.1. The molecule has 0 bridgehead atoms. The van der Waals surface area contributed by atoms with E-state index in [1.54, 1.807) is 0 Å². The van der Waals surface area contributed by atoms with Crippen molar-refractivity contribution in [3.63, 3.8) is 0 Å². The number of piperazine rings is 1. The van der Waals surface area contributed by atoms with Crippen LogP contribution in [0.5, 0.6) is 0 Å². The molecular weight excluding hydrogens is 406 g/mol. The van der Waals surface area contributed by atoms with E-state index in [1.807, 2.05) is 29.2 Å². The fourth-order valence-corrected chi connectivity index (χ4v) is 4.71. The number of benzene rings is 1. The summed E-state index contributed by atoms with van der Waals surface area (Å²) in [5.41, 5.74) is 7.44. The van der Waals surface area contributed by atoms with Gasteiger partial charge in [-0.05, 0) is 49.4 Å². The number of piperidine rings is 1. The molecule has 2 unspecified atom stereocenters. The van der Waals surface area contributed by atoms with E-state index in [0.29, 0.717) is 12.0 Å². The number of carboxylic acid groups (broad SMARTS) is 1. The molecule has 0 spiro atoms. The number of carboxylic acids is 1. The number of likely N-dealkylation sites (tertiary alicyclic amines) is 1. The van der Waals surface area contributed by atoms with Crippen molar-refractivity contribution in [1.29, 1.82) is 5.41 Å². The lowest BCUT2D eigenvalue weighted by Gasteiger charge is -2.47. The van der Waals surface area contributed by atoms with E-state index in [-0.39, 0.29) is 31.4 Å². The van der Waals surface area contributed by atoms with Crippen LogP contribution in [0.15, 0.2) is 24.3 Å². The fraction of sp³-hybridized carbons (Fsp3) is 0.619. The van der Waals surface area contributed by atoms with Crippen molar-refractivity contribution in [2.24, 2.45) is 11.7 Å². The number of nitrogens with one attached hydrogen (secondary N) is 1. The molecule has 168 valence electrons. The number of nitrogens with two attached hydrogens (primary N) is 1. The number of rotatable bonds is 8. The number of carbonyl (C=O) groups is 1. The maximum atomic E-state index is 11.1. The van der Waals surface area contributed by atoms with Gasteiger partial charge in [0.2, 0.25) is 0 Å². The molecule has 0 radical (unpaired) electrons. The van der Waals surface area contributed by atoms with Gasteiger partial charge in [-0.25, -0.2) is 0 Å². The van der Waals surface area contributed by atoms with Gasteiger partial charge in [-0.15, -0.1) is 12.4 Å². The molecule has 2 fully saturated rings. The van der Waals surface area contributed by atoms with Gasteiger partial charge in [0, 0.05) is 63.2 Å². The van der Waals surface area contributed by atoms with Crippen LogP contribution >= 0.6 is 12.4 Å². The van der Waals surface area contributed by atoms with E-state index in [2.05, 4.69) is 9.80 Å². The molecule has 2 heterocycles. The monoisotopic (exact) mass is 439 g/mol. The molecule has 8 nitrogen and oxygen atoms in total. The topological polar surface area (TPSA) is 117 Å². The Bertz CT molecular complexity index is 694. The Morgan fingerprint density at radius 3 is 2.37 bits per heavy atom. The van der Waals surface area contributed by atoms with Gasteiger partial charge < -0.3 is 20.8 Å². The molecule has 9 heteroatoms. The van der Waals surface area contributed by atoms with Crippen molar-refractivity contribution >= 4 is 29.9 Å². The first-order valence-corrected chi connectivity index (χ1v) is 10.5. The van der Waals surface area contributed by atoms with Crippen LogP contribution in [0.1, 0.15) is 24.8 Å². The number of aliphatic hydroxyl groups is 1. The zero-order valence-corrected chi connectivity index (χ0v) is 18.2. The van der Waals surface area contributed by atoms with Crippen molar-refractivity contribution in [3.05, 3.63) is 29.8 Å². The van der Waals surface area contributed by atoms with Crippen molar-refractivity contribution in [3.8, 4) is 0 Å². The van der Waals surface area contributed by atoms with Crippen LogP contribution in [-0.4, -0.2) is 90.3 Å². The predicted molar refractivity (Wildman–Crippen MR) is 121 cm³/mol. The van der Waals surface area contributed by atoms with E-state index in [4.69, 9.17) is 16.2 Å². The highest BCUT2D eigenvalue weighted by Gasteiger charge is 2.34. The van der Waals surface area contributed by atoms with Crippen LogP contribution in [0, 0.1) is 11.3 Å². The lowest BCUT2D eigenvalue weighted by atomic mass is 9.86. The summed E-state index contributed by atoms with van der Waals surface area (Å²) >= 11 is 0. The maximum Gasteiger partial charge on any atom is 0.317 e. The minimum Gasteiger partial charge on any atom is -0.480 e. The first-order chi connectivity index (χ1) is 14.0. The number of aliphatic carboxylic acids is 1. The van der Waals surface area contributed by atoms with E-state index < -0.39 is 5.97 Å². The first-order valence-electron chi connectivity index (χ1n) is 10.5. The average molecular weight is 440 g/mol. The van der Waals surface area contributed by atoms with E-state index in [9.17, 15) is 9.90 Å². The summed E-state index contributed by atoms with van der Waals surface area (Å²) < 4.78 is 0. The minimum atomic E-state index is -0.770. The van der Waals surface area contributed by atoms with Gasteiger partial charge in [-0.2, -0.15) is 0 Å². The van der Waals surface area contributed by atoms with Crippen LogP contribution in [0.3, 0.4) is 0 Å². The van der Waals surface area contributed by atoms with Crippen LogP contribution in [-0.2, 0) is 4.79 Å². The summed E-state index contributed by atoms with van der Waals surface area (Å²) in [6.07, 6.45) is 2.69. The van der Waals surface area contributed by atoms with Gasteiger partial charge in [-0.1, -0.05) is 0 Å². The number of halogens is 1. The lowest BCUT2D eigenvalue weighted by Crippen LogP contribution is -2.57. The van der Waals surface area contributed by atoms with E-state index >= 15 is 0 Å². The molecule has 1 aromatic carbocycles. The van der Waals surface area contributed by atoms with Gasteiger partial charge in [-0.3, -0.25) is 20.0 Å². The third-order valence-electron chi connectivity index (χ3n) is 6.20. The SMILES string of the molecule is Cl.N=C(N)c1ccc(N2CCN(C3CCN(CC(=O)O)CC3CCCO)CC2)cc1. The molecule has 2 aliphatic rings. The van der Waals surface area contributed by atoms with Crippen LogP contribution < -0.4 is 10.6 Å². The zero-order chi connectivity index (χ0) is 20.8. The van der Waals surface area contributed by atoms with Crippen molar-refractivity contribution in [2.75, 3.05) is 57.3 Å². The number of aliphatic hydroxyl groups excluding tert-OH is 1. The van der Waals surface area contributed by atoms with Crippen molar-refractivity contribution in [1.82, 2.24) is 9.80 Å². The Hall–Kier alpha value is -1.87. The summed E-state index contributed by atoms with van der Waals surface area (Å²) in [5.74, 6) is -0.282. The van der Waals surface area contributed by atoms with Crippen molar-refractivity contribution < 1.29 is 15.0 Å².